The van der Waals surface area contributed by atoms with E-state index in [0.717, 1.165) is 0 Å². The standard InChI is InChI=1S/C23H17NO5/c1-13-11-12-17(27-13)18-19-20(15-9-5-6-10-16(15)28-23(19)26)29-21(18)22(25)24-14-7-3-2-4-8-14/h2-12,18,21H,1H3,(H,24,25). The molecule has 144 valence electrons. The zero-order valence-corrected chi connectivity index (χ0v) is 15.5. The molecule has 1 N–H and O–H groups in total. The number of benzene rings is 2. The fourth-order valence-corrected chi connectivity index (χ4v) is 3.73. The largest absolute Gasteiger partial charge is 0.478 e. The van der Waals surface area contributed by atoms with Crippen molar-refractivity contribution in [2.75, 3.05) is 5.32 Å². The van der Waals surface area contributed by atoms with Crippen LogP contribution in [0.15, 0.2) is 80.4 Å². The van der Waals surface area contributed by atoms with E-state index in [2.05, 4.69) is 5.32 Å². The van der Waals surface area contributed by atoms with Crippen LogP contribution in [0.1, 0.15) is 23.0 Å². The van der Waals surface area contributed by atoms with Gasteiger partial charge in [0.25, 0.3) is 5.91 Å². The van der Waals surface area contributed by atoms with Crippen molar-refractivity contribution in [3.8, 4) is 5.75 Å². The number of hydrogen-bond donors (Lipinski definition) is 1. The second kappa shape index (κ2) is 6.67. The summed E-state index contributed by atoms with van der Waals surface area (Å²) >= 11 is 0. The van der Waals surface area contributed by atoms with Crippen LogP contribution in [0.25, 0.3) is 11.0 Å². The van der Waals surface area contributed by atoms with Gasteiger partial charge in [-0.05, 0) is 43.3 Å². The summed E-state index contributed by atoms with van der Waals surface area (Å²) in [5.74, 6) is 0.459. The molecule has 0 bridgehead atoms. The summed E-state index contributed by atoms with van der Waals surface area (Å²) in [7, 11) is 0. The van der Waals surface area contributed by atoms with Crippen LogP contribution in [0, 0.1) is 6.92 Å². The Balaban J connectivity index is 1.64. The van der Waals surface area contributed by atoms with Crippen LogP contribution in [-0.2, 0) is 4.79 Å². The van der Waals surface area contributed by atoms with Gasteiger partial charge in [0.2, 0.25) is 0 Å². The highest BCUT2D eigenvalue weighted by Crippen LogP contribution is 2.44. The molecule has 0 saturated heterocycles. The Bertz CT molecular complexity index is 1270. The van der Waals surface area contributed by atoms with Crippen molar-refractivity contribution >= 4 is 22.6 Å². The molecule has 0 saturated carbocycles. The van der Waals surface area contributed by atoms with Gasteiger partial charge in [-0.1, -0.05) is 30.3 Å². The lowest BCUT2D eigenvalue weighted by Gasteiger charge is -2.16. The predicted molar refractivity (Wildman–Crippen MR) is 107 cm³/mol. The van der Waals surface area contributed by atoms with Crippen molar-refractivity contribution in [3.05, 3.63) is 94.2 Å². The van der Waals surface area contributed by atoms with Crippen molar-refractivity contribution in [2.45, 2.75) is 18.9 Å². The lowest BCUT2D eigenvalue weighted by Crippen LogP contribution is -2.35. The third-order valence-corrected chi connectivity index (χ3v) is 5.02. The number of carbonyl (C=O) groups is 1. The van der Waals surface area contributed by atoms with Crippen molar-refractivity contribution in [3.63, 3.8) is 0 Å². The molecule has 1 amide bonds. The zero-order valence-electron chi connectivity index (χ0n) is 15.5. The first-order chi connectivity index (χ1) is 14.1. The predicted octanol–water partition coefficient (Wildman–Crippen LogP) is 4.23. The first-order valence-electron chi connectivity index (χ1n) is 9.26. The number of aryl methyl sites for hydroxylation is 1. The minimum Gasteiger partial charge on any atom is -0.478 e. The molecule has 2 atom stereocenters. The van der Waals surface area contributed by atoms with Gasteiger partial charge in [0.15, 0.2) is 6.10 Å². The minimum absolute atomic E-state index is 0.297. The summed E-state index contributed by atoms with van der Waals surface area (Å²) < 4.78 is 17.4. The number of nitrogens with one attached hydrogen (secondary N) is 1. The monoisotopic (exact) mass is 387 g/mol. The van der Waals surface area contributed by atoms with E-state index in [-0.39, 0.29) is 5.91 Å². The van der Waals surface area contributed by atoms with Gasteiger partial charge in [0.05, 0.1) is 16.9 Å². The third kappa shape index (κ3) is 2.89. The molecule has 29 heavy (non-hydrogen) atoms. The molecule has 0 spiro atoms. The average molecular weight is 387 g/mol. The summed E-state index contributed by atoms with van der Waals surface area (Å²) in [5, 5.41) is 3.50. The number of hydrogen-bond acceptors (Lipinski definition) is 5. The fourth-order valence-electron chi connectivity index (χ4n) is 3.73. The van der Waals surface area contributed by atoms with Crippen LogP contribution in [0.4, 0.5) is 5.69 Å². The number of furan rings is 1. The van der Waals surface area contributed by atoms with E-state index >= 15 is 0 Å². The second-order valence-electron chi connectivity index (χ2n) is 6.95. The van der Waals surface area contributed by atoms with E-state index < -0.39 is 17.6 Å². The number of ether oxygens (including phenoxy) is 1. The van der Waals surface area contributed by atoms with Gasteiger partial charge in [0.1, 0.15) is 22.9 Å². The van der Waals surface area contributed by atoms with Crippen molar-refractivity contribution in [1.82, 2.24) is 0 Å². The molecular formula is C23H17NO5. The number of fused-ring (bicyclic) bond motifs is 3. The molecule has 6 nitrogen and oxygen atoms in total. The topological polar surface area (TPSA) is 81.7 Å². The number of amides is 1. The molecule has 1 aliphatic rings. The normalized spacial score (nSPS) is 17.7. The van der Waals surface area contributed by atoms with Crippen LogP contribution < -0.4 is 15.7 Å². The summed E-state index contributed by atoms with van der Waals surface area (Å²) in [6.45, 7) is 1.81. The quantitative estimate of drug-likeness (QED) is 0.532. The maximum Gasteiger partial charge on any atom is 0.344 e. The van der Waals surface area contributed by atoms with Crippen molar-refractivity contribution in [1.29, 1.82) is 0 Å². The van der Waals surface area contributed by atoms with Crippen molar-refractivity contribution < 1.29 is 18.4 Å². The lowest BCUT2D eigenvalue weighted by molar-refractivity contribution is -0.122. The smallest absolute Gasteiger partial charge is 0.344 e. The van der Waals surface area contributed by atoms with Crippen LogP contribution >= 0.6 is 0 Å². The molecular weight excluding hydrogens is 370 g/mol. The average Bonchev–Trinajstić information content (AvgIpc) is 3.33. The molecule has 0 fully saturated rings. The Labute approximate surface area is 165 Å². The molecule has 2 aromatic carbocycles. The van der Waals surface area contributed by atoms with E-state index in [1.165, 1.54) is 0 Å². The fraction of sp³-hybridized carbons (Fsp3) is 0.130. The minimum atomic E-state index is -0.968. The maximum atomic E-state index is 13.1. The van der Waals surface area contributed by atoms with Crippen LogP contribution in [0.2, 0.25) is 0 Å². The molecule has 2 unspecified atom stereocenters. The summed E-state index contributed by atoms with van der Waals surface area (Å²) in [5.41, 5.74) is 0.817. The first kappa shape index (κ1) is 17.3. The Morgan fingerprint density at radius 1 is 0.931 bits per heavy atom. The summed E-state index contributed by atoms with van der Waals surface area (Å²) in [6, 6.07) is 19.8. The maximum absolute atomic E-state index is 13.1. The molecule has 0 aliphatic carbocycles. The Kier molecular flexibility index (Phi) is 3.98. The molecule has 0 radical (unpaired) electrons. The van der Waals surface area contributed by atoms with Crippen LogP contribution in [0.3, 0.4) is 0 Å². The highest BCUT2D eigenvalue weighted by atomic mass is 16.5. The van der Waals surface area contributed by atoms with Gasteiger partial charge in [-0.2, -0.15) is 0 Å². The molecule has 5 rings (SSSR count). The van der Waals surface area contributed by atoms with Gasteiger partial charge < -0.3 is 18.9 Å². The molecule has 1 aliphatic heterocycles. The second-order valence-corrected chi connectivity index (χ2v) is 6.95. The van der Waals surface area contributed by atoms with E-state index in [0.29, 0.717) is 39.5 Å². The van der Waals surface area contributed by atoms with Gasteiger partial charge >= 0.3 is 5.63 Å². The van der Waals surface area contributed by atoms with Crippen LogP contribution in [0.5, 0.6) is 5.75 Å². The number of anilines is 1. The van der Waals surface area contributed by atoms with E-state index in [1.807, 2.05) is 31.2 Å². The Morgan fingerprint density at radius 2 is 1.69 bits per heavy atom. The molecule has 2 aromatic heterocycles. The molecule has 4 aromatic rings. The summed E-state index contributed by atoms with van der Waals surface area (Å²) in [6.07, 6.45) is -0.968. The van der Waals surface area contributed by atoms with E-state index in [4.69, 9.17) is 13.6 Å². The number of carbonyl (C=O) groups excluding carboxylic acids is 1. The number of para-hydroxylation sites is 2. The van der Waals surface area contributed by atoms with E-state index in [1.54, 1.807) is 42.5 Å². The highest BCUT2D eigenvalue weighted by Gasteiger charge is 2.45. The van der Waals surface area contributed by atoms with Gasteiger partial charge in [-0.3, -0.25) is 4.79 Å². The highest BCUT2D eigenvalue weighted by molar-refractivity contribution is 5.97. The van der Waals surface area contributed by atoms with Crippen LogP contribution in [-0.4, -0.2) is 12.0 Å². The van der Waals surface area contributed by atoms with Gasteiger partial charge in [-0.25, -0.2) is 4.79 Å². The first-order valence-corrected chi connectivity index (χ1v) is 9.26. The van der Waals surface area contributed by atoms with Crippen molar-refractivity contribution in [2.24, 2.45) is 0 Å². The molecule has 6 heteroatoms. The van der Waals surface area contributed by atoms with Gasteiger partial charge in [0, 0.05) is 5.69 Å². The third-order valence-electron chi connectivity index (χ3n) is 5.02. The number of rotatable bonds is 3. The molecule has 3 heterocycles. The van der Waals surface area contributed by atoms with E-state index in [9.17, 15) is 9.59 Å². The SMILES string of the molecule is Cc1ccc(C2c3c(c4ccccc4oc3=O)OC2C(=O)Nc2ccccc2)o1. The lowest BCUT2D eigenvalue weighted by atomic mass is 9.93. The Hall–Kier alpha value is -3.80. The zero-order chi connectivity index (χ0) is 20.0. The van der Waals surface area contributed by atoms with Gasteiger partial charge in [-0.15, -0.1) is 0 Å². The summed E-state index contributed by atoms with van der Waals surface area (Å²) in [4.78, 5) is 25.9. The Morgan fingerprint density at radius 3 is 2.45 bits per heavy atom.